The lowest BCUT2D eigenvalue weighted by Crippen LogP contribution is -2.35. The zero-order chi connectivity index (χ0) is 11.4. The number of rotatable bonds is 4. The fourth-order valence-corrected chi connectivity index (χ4v) is 3.65. The van der Waals surface area contributed by atoms with E-state index in [1.165, 1.54) is 43.1 Å². The predicted molar refractivity (Wildman–Crippen MR) is 73.3 cm³/mol. The van der Waals surface area contributed by atoms with Crippen molar-refractivity contribution in [3.05, 3.63) is 16.1 Å². The van der Waals surface area contributed by atoms with Crippen LogP contribution in [0, 0.1) is 12.8 Å². The summed E-state index contributed by atoms with van der Waals surface area (Å²) in [4.78, 5) is 7.10. The molecule has 1 atom stereocenters. The Morgan fingerprint density at radius 2 is 2.50 bits per heavy atom. The molecule has 0 amide bonds. The standard InChI is InChI=1S/C12H19BrN2S/c1-10-14-12(9-16-10)8-15-6-2-3-11(7-15)4-5-13/h9,11H,2-8H2,1H3. The van der Waals surface area contributed by atoms with Crippen LogP contribution < -0.4 is 0 Å². The van der Waals surface area contributed by atoms with Gasteiger partial charge in [0.25, 0.3) is 0 Å². The van der Waals surface area contributed by atoms with Crippen molar-refractivity contribution in [2.75, 3.05) is 18.4 Å². The molecule has 1 aliphatic rings. The van der Waals surface area contributed by atoms with Crippen molar-refractivity contribution in [1.29, 1.82) is 0 Å². The molecule has 0 radical (unpaired) electrons. The van der Waals surface area contributed by atoms with Crippen LogP contribution in [0.25, 0.3) is 0 Å². The third-order valence-corrected chi connectivity index (χ3v) is 4.45. The van der Waals surface area contributed by atoms with Gasteiger partial charge in [0.2, 0.25) is 0 Å². The van der Waals surface area contributed by atoms with Crippen LogP contribution in [0.5, 0.6) is 0 Å². The van der Waals surface area contributed by atoms with Crippen molar-refractivity contribution in [2.24, 2.45) is 5.92 Å². The van der Waals surface area contributed by atoms with Crippen molar-refractivity contribution >= 4 is 27.3 Å². The first kappa shape index (κ1) is 12.5. The first-order valence-corrected chi connectivity index (χ1v) is 7.97. The highest BCUT2D eigenvalue weighted by molar-refractivity contribution is 9.09. The topological polar surface area (TPSA) is 16.1 Å². The van der Waals surface area contributed by atoms with Gasteiger partial charge in [0.05, 0.1) is 10.7 Å². The minimum absolute atomic E-state index is 0.882. The van der Waals surface area contributed by atoms with Gasteiger partial charge in [-0.3, -0.25) is 4.90 Å². The number of halogens is 1. The smallest absolute Gasteiger partial charge is 0.0897 e. The van der Waals surface area contributed by atoms with E-state index in [2.05, 4.69) is 38.1 Å². The van der Waals surface area contributed by atoms with Gasteiger partial charge < -0.3 is 0 Å². The normalized spacial score (nSPS) is 22.5. The first-order chi connectivity index (χ1) is 7.78. The maximum absolute atomic E-state index is 4.54. The third-order valence-electron chi connectivity index (χ3n) is 3.17. The number of aryl methyl sites for hydroxylation is 1. The second-order valence-corrected chi connectivity index (χ2v) is 6.43. The van der Waals surface area contributed by atoms with E-state index in [9.17, 15) is 0 Å². The van der Waals surface area contributed by atoms with Crippen LogP contribution in [0.15, 0.2) is 5.38 Å². The van der Waals surface area contributed by atoms with Gasteiger partial charge in [0.15, 0.2) is 0 Å². The van der Waals surface area contributed by atoms with Crippen LogP contribution in [0.1, 0.15) is 30.0 Å². The first-order valence-electron chi connectivity index (χ1n) is 5.97. The minimum atomic E-state index is 0.882. The van der Waals surface area contributed by atoms with Crippen LogP contribution in [-0.2, 0) is 6.54 Å². The van der Waals surface area contributed by atoms with Gasteiger partial charge in [-0.2, -0.15) is 0 Å². The lowest BCUT2D eigenvalue weighted by Gasteiger charge is -2.31. The molecule has 1 unspecified atom stereocenters. The van der Waals surface area contributed by atoms with Gasteiger partial charge in [0.1, 0.15) is 0 Å². The van der Waals surface area contributed by atoms with Gasteiger partial charge in [-0.05, 0) is 38.6 Å². The number of alkyl halides is 1. The Morgan fingerprint density at radius 1 is 1.62 bits per heavy atom. The summed E-state index contributed by atoms with van der Waals surface area (Å²) in [5.74, 6) is 0.882. The number of nitrogens with zero attached hydrogens (tertiary/aromatic N) is 2. The minimum Gasteiger partial charge on any atom is -0.297 e. The molecule has 4 heteroatoms. The van der Waals surface area contributed by atoms with E-state index in [4.69, 9.17) is 0 Å². The summed E-state index contributed by atoms with van der Waals surface area (Å²) in [6, 6.07) is 0. The number of piperidine rings is 1. The van der Waals surface area contributed by atoms with E-state index in [-0.39, 0.29) is 0 Å². The molecule has 2 rings (SSSR count). The van der Waals surface area contributed by atoms with Crippen molar-refractivity contribution in [2.45, 2.75) is 32.7 Å². The van der Waals surface area contributed by atoms with Crippen molar-refractivity contribution in [3.63, 3.8) is 0 Å². The molecule has 90 valence electrons. The van der Waals surface area contributed by atoms with Crippen molar-refractivity contribution < 1.29 is 0 Å². The molecule has 1 aromatic rings. The second kappa shape index (κ2) is 6.12. The van der Waals surface area contributed by atoms with Crippen LogP contribution in [0.3, 0.4) is 0 Å². The van der Waals surface area contributed by atoms with E-state index in [0.29, 0.717) is 0 Å². The summed E-state index contributed by atoms with van der Waals surface area (Å²) >= 11 is 5.30. The van der Waals surface area contributed by atoms with Gasteiger partial charge in [-0.1, -0.05) is 15.9 Å². The molecule has 0 saturated carbocycles. The largest absolute Gasteiger partial charge is 0.297 e. The third kappa shape index (κ3) is 3.54. The Bertz CT molecular complexity index is 325. The van der Waals surface area contributed by atoms with Crippen LogP contribution >= 0.6 is 27.3 Å². The Morgan fingerprint density at radius 3 is 3.19 bits per heavy atom. The molecule has 1 aliphatic heterocycles. The van der Waals surface area contributed by atoms with E-state index in [0.717, 1.165) is 17.8 Å². The highest BCUT2D eigenvalue weighted by Gasteiger charge is 2.19. The molecule has 1 saturated heterocycles. The average molecular weight is 303 g/mol. The van der Waals surface area contributed by atoms with E-state index in [1.54, 1.807) is 11.3 Å². The monoisotopic (exact) mass is 302 g/mol. The summed E-state index contributed by atoms with van der Waals surface area (Å²) in [6.45, 7) is 5.62. The highest BCUT2D eigenvalue weighted by atomic mass is 79.9. The molecular formula is C12H19BrN2S. The van der Waals surface area contributed by atoms with Gasteiger partial charge in [0, 0.05) is 23.8 Å². The van der Waals surface area contributed by atoms with Crippen LogP contribution in [0.4, 0.5) is 0 Å². The average Bonchev–Trinajstić information content (AvgIpc) is 2.65. The van der Waals surface area contributed by atoms with E-state index in [1.807, 2.05) is 0 Å². The molecule has 1 fully saturated rings. The fourth-order valence-electron chi connectivity index (χ4n) is 2.39. The molecular weight excluding hydrogens is 284 g/mol. The summed E-state index contributed by atoms with van der Waals surface area (Å²) in [6.07, 6.45) is 4.06. The number of likely N-dealkylation sites (tertiary alicyclic amines) is 1. The number of hydrogen-bond donors (Lipinski definition) is 0. The van der Waals surface area contributed by atoms with Crippen LogP contribution in [0.2, 0.25) is 0 Å². The maximum Gasteiger partial charge on any atom is 0.0897 e. The lowest BCUT2D eigenvalue weighted by molar-refractivity contribution is 0.164. The molecule has 2 heterocycles. The Hall–Kier alpha value is 0.0700. The van der Waals surface area contributed by atoms with E-state index < -0.39 is 0 Å². The Balaban J connectivity index is 1.85. The van der Waals surface area contributed by atoms with Crippen LogP contribution in [-0.4, -0.2) is 28.3 Å². The molecule has 1 aromatic heterocycles. The van der Waals surface area contributed by atoms with Crippen molar-refractivity contribution in [1.82, 2.24) is 9.88 Å². The number of hydrogen-bond acceptors (Lipinski definition) is 3. The van der Waals surface area contributed by atoms with Gasteiger partial charge >= 0.3 is 0 Å². The molecule has 0 bridgehead atoms. The molecule has 2 nitrogen and oxygen atoms in total. The molecule has 0 spiro atoms. The predicted octanol–water partition coefficient (Wildman–Crippen LogP) is 3.45. The van der Waals surface area contributed by atoms with Crippen molar-refractivity contribution in [3.8, 4) is 0 Å². The zero-order valence-electron chi connectivity index (χ0n) is 9.79. The molecule has 0 aromatic carbocycles. The van der Waals surface area contributed by atoms with Gasteiger partial charge in [-0.15, -0.1) is 11.3 Å². The fraction of sp³-hybridized carbons (Fsp3) is 0.750. The second-order valence-electron chi connectivity index (χ2n) is 4.58. The molecule has 0 aliphatic carbocycles. The summed E-state index contributed by atoms with van der Waals surface area (Å²) in [5, 5.41) is 4.52. The molecule has 16 heavy (non-hydrogen) atoms. The van der Waals surface area contributed by atoms with Gasteiger partial charge in [-0.25, -0.2) is 4.98 Å². The quantitative estimate of drug-likeness (QED) is 0.792. The maximum atomic E-state index is 4.54. The highest BCUT2D eigenvalue weighted by Crippen LogP contribution is 2.22. The Kier molecular flexibility index (Phi) is 4.79. The number of aromatic nitrogens is 1. The SMILES string of the molecule is Cc1nc(CN2CCCC(CCBr)C2)cs1. The zero-order valence-corrected chi connectivity index (χ0v) is 12.2. The summed E-state index contributed by atoms with van der Waals surface area (Å²) in [7, 11) is 0. The summed E-state index contributed by atoms with van der Waals surface area (Å²) in [5.41, 5.74) is 1.25. The lowest BCUT2D eigenvalue weighted by atomic mass is 9.95. The summed E-state index contributed by atoms with van der Waals surface area (Å²) < 4.78 is 0. The van der Waals surface area contributed by atoms with E-state index >= 15 is 0 Å². The molecule has 0 N–H and O–H groups in total. The Labute approximate surface area is 110 Å². The number of thiazole rings is 1.